The van der Waals surface area contributed by atoms with Crippen LogP contribution in [0.2, 0.25) is 0 Å². The van der Waals surface area contributed by atoms with Gasteiger partial charge in [0.05, 0.1) is 0 Å². The molecule has 92 valence electrons. The predicted octanol–water partition coefficient (Wildman–Crippen LogP) is 2.95. The molecule has 2 fully saturated rings. The van der Waals surface area contributed by atoms with E-state index in [1.165, 1.54) is 54.7 Å². The van der Waals surface area contributed by atoms with E-state index >= 15 is 0 Å². The average Bonchev–Trinajstić information content (AvgIpc) is 2.31. The molecule has 2 heterocycles. The third kappa shape index (κ3) is 2.11. The van der Waals surface area contributed by atoms with Gasteiger partial charge in [0.2, 0.25) is 0 Å². The molecule has 0 aliphatic carbocycles. The van der Waals surface area contributed by atoms with Gasteiger partial charge in [0, 0.05) is 41.8 Å². The fourth-order valence-corrected chi connectivity index (χ4v) is 3.34. The first kappa shape index (κ1) is 11.5. The molecule has 1 aromatic carbocycles. The van der Waals surface area contributed by atoms with Crippen LogP contribution in [0.1, 0.15) is 18.4 Å². The number of nitrogens with zero attached hydrogens (tertiary/aromatic N) is 1. The summed E-state index contributed by atoms with van der Waals surface area (Å²) in [4.78, 5) is 2.55. The first-order valence-corrected chi connectivity index (χ1v) is 7.20. The molecule has 3 heteroatoms. The number of aryl methyl sites for hydroxylation is 1. The van der Waals surface area contributed by atoms with Gasteiger partial charge >= 0.3 is 0 Å². The summed E-state index contributed by atoms with van der Waals surface area (Å²) in [6.07, 6.45) is 2.72. The molecule has 0 saturated carbocycles. The molecule has 0 aromatic heterocycles. The smallest absolute Gasteiger partial charge is 0.0377 e. The van der Waals surface area contributed by atoms with Gasteiger partial charge < -0.3 is 10.2 Å². The van der Waals surface area contributed by atoms with Crippen molar-refractivity contribution in [2.45, 2.75) is 19.8 Å². The highest BCUT2D eigenvalue weighted by molar-refractivity contribution is 9.10. The third-order valence-corrected chi connectivity index (χ3v) is 5.04. The number of hydrogen-bond donors (Lipinski definition) is 1. The van der Waals surface area contributed by atoms with Crippen molar-refractivity contribution in [3.63, 3.8) is 0 Å². The van der Waals surface area contributed by atoms with Crippen molar-refractivity contribution < 1.29 is 0 Å². The fourth-order valence-electron chi connectivity index (χ4n) is 2.97. The Balaban J connectivity index is 1.81. The topological polar surface area (TPSA) is 15.3 Å². The number of piperidine rings is 1. The predicted molar refractivity (Wildman–Crippen MR) is 75.6 cm³/mol. The van der Waals surface area contributed by atoms with Gasteiger partial charge in [-0.3, -0.25) is 0 Å². The Kier molecular flexibility index (Phi) is 2.91. The molecule has 0 bridgehead atoms. The lowest BCUT2D eigenvalue weighted by Crippen LogP contribution is -2.61. The van der Waals surface area contributed by atoms with E-state index in [9.17, 15) is 0 Å². The SMILES string of the molecule is Cc1ccc(N2CCCC3(CNC3)C2)cc1Br. The van der Waals surface area contributed by atoms with Crippen LogP contribution in [0.4, 0.5) is 5.69 Å². The molecule has 2 aliphatic heterocycles. The minimum absolute atomic E-state index is 0.565. The van der Waals surface area contributed by atoms with Crippen molar-refractivity contribution in [2.24, 2.45) is 5.41 Å². The summed E-state index contributed by atoms with van der Waals surface area (Å²) in [5.41, 5.74) is 3.24. The summed E-state index contributed by atoms with van der Waals surface area (Å²) in [7, 11) is 0. The Morgan fingerprint density at radius 3 is 2.82 bits per heavy atom. The molecule has 0 radical (unpaired) electrons. The summed E-state index contributed by atoms with van der Waals surface area (Å²) in [5.74, 6) is 0. The standard InChI is InChI=1S/C14H19BrN2/c1-11-3-4-12(7-13(11)15)17-6-2-5-14(10-17)8-16-9-14/h3-4,7,16H,2,5-6,8-10H2,1H3. The van der Waals surface area contributed by atoms with Gasteiger partial charge in [-0.05, 0) is 37.5 Å². The van der Waals surface area contributed by atoms with E-state index in [0.29, 0.717) is 5.41 Å². The maximum absolute atomic E-state index is 3.63. The molecular formula is C14H19BrN2. The molecule has 3 rings (SSSR count). The zero-order valence-electron chi connectivity index (χ0n) is 10.3. The highest BCUT2D eigenvalue weighted by atomic mass is 79.9. The Bertz CT molecular complexity index is 426. The van der Waals surface area contributed by atoms with E-state index in [-0.39, 0.29) is 0 Å². The van der Waals surface area contributed by atoms with Crippen molar-refractivity contribution in [3.05, 3.63) is 28.2 Å². The second kappa shape index (κ2) is 4.29. The fraction of sp³-hybridized carbons (Fsp3) is 0.571. The van der Waals surface area contributed by atoms with Crippen LogP contribution in [-0.2, 0) is 0 Å². The minimum atomic E-state index is 0.565. The van der Waals surface area contributed by atoms with Crippen LogP contribution in [-0.4, -0.2) is 26.2 Å². The summed E-state index contributed by atoms with van der Waals surface area (Å²) in [6.45, 7) is 6.97. The van der Waals surface area contributed by atoms with Gasteiger partial charge in [-0.1, -0.05) is 22.0 Å². The molecule has 2 aliphatic rings. The molecule has 17 heavy (non-hydrogen) atoms. The molecule has 1 aromatic rings. The van der Waals surface area contributed by atoms with Gasteiger partial charge in [-0.25, -0.2) is 0 Å². The largest absolute Gasteiger partial charge is 0.371 e. The van der Waals surface area contributed by atoms with Crippen LogP contribution in [0.3, 0.4) is 0 Å². The van der Waals surface area contributed by atoms with E-state index in [0.717, 1.165) is 0 Å². The highest BCUT2D eigenvalue weighted by Crippen LogP contribution is 2.36. The quantitative estimate of drug-likeness (QED) is 0.857. The lowest BCUT2D eigenvalue weighted by atomic mass is 9.75. The van der Waals surface area contributed by atoms with Crippen LogP contribution in [0.25, 0.3) is 0 Å². The molecule has 2 nitrogen and oxygen atoms in total. The Labute approximate surface area is 112 Å². The van der Waals surface area contributed by atoms with Gasteiger partial charge in [0.15, 0.2) is 0 Å². The Morgan fingerprint density at radius 2 is 2.18 bits per heavy atom. The van der Waals surface area contributed by atoms with Crippen LogP contribution >= 0.6 is 15.9 Å². The summed E-state index contributed by atoms with van der Waals surface area (Å²) in [6, 6.07) is 6.73. The third-order valence-electron chi connectivity index (χ3n) is 4.18. The van der Waals surface area contributed by atoms with E-state index in [1.54, 1.807) is 0 Å². The molecule has 2 saturated heterocycles. The van der Waals surface area contributed by atoms with Crippen LogP contribution < -0.4 is 10.2 Å². The normalized spacial score (nSPS) is 22.6. The van der Waals surface area contributed by atoms with E-state index in [2.05, 4.69) is 51.3 Å². The molecule has 0 unspecified atom stereocenters. The molecule has 0 atom stereocenters. The number of benzene rings is 1. The minimum Gasteiger partial charge on any atom is -0.371 e. The molecule has 0 amide bonds. The van der Waals surface area contributed by atoms with Crippen LogP contribution in [0.5, 0.6) is 0 Å². The Hall–Kier alpha value is -0.540. The van der Waals surface area contributed by atoms with Gasteiger partial charge in [0.25, 0.3) is 0 Å². The first-order chi connectivity index (χ1) is 8.19. The maximum atomic E-state index is 3.63. The molecule has 1 spiro atoms. The lowest BCUT2D eigenvalue weighted by molar-refractivity contribution is 0.138. The first-order valence-electron chi connectivity index (χ1n) is 6.40. The monoisotopic (exact) mass is 294 g/mol. The average molecular weight is 295 g/mol. The number of hydrogen-bond acceptors (Lipinski definition) is 2. The second-order valence-electron chi connectivity index (χ2n) is 5.56. The number of rotatable bonds is 1. The summed E-state index contributed by atoms with van der Waals surface area (Å²) < 4.78 is 1.22. The number of nitrogens with one attached hydrogen (secondary N) is 1. The van der Waals surface area contributed by atoms with Gasteiger partial charge in [-0.2, -0.15) is 0 Å². The van der Waals surface area contributed by atoms with Gasteiger partial charge in [0.1, 0.15) is 0 Å². The highest BCUT2D eigenvalue weighted by Gasteiger charge is 2.40. The van der Waals surface area contributed by atoms with Crippen molar-refractivity contribution in [3.8, 4) is 0 Å². The van der Waals surface area contributed by atoms with Crippen molar-refractivity contribution in [2.75, 3.05) is 31.1 Å². The zero-order valence-corrected chi connectivity index (χ0v) is 11.9. The van der Waals surface area contributed by atoms with E-state index in [4.69, 9.17) is 0 Å². The lowest BCUT2D eigenvalue weighted by Gasteiger charge is -2.50. The Morgan fingerprint density at radius 1 is 1.35 bits per heavy atom. The van der Waals surface area contributed by atoms with Crippen molar-refractivity contribution in [1.82, 2.24) is 5.32 Å². The van der Waals surface area contributed by atoms with E-state index < -0.39 is 0 Å². The summed E-state index contributed by atoms with van der Waals surface area (Å²) >= 11 is 3.63. The molecular weight excluding hydrogens is 276 g/mol. The van der Waals surface area contributed by atoms with E-state index in [1.807, 2.05) is 0 Å². The number of anilines is 1. The van der Waals surface area contributed by atoms with Crippen LogP contribution in [0.15, 0.2) is 22.7 Å². The number of halogens is 1. The van der Waals surface area contributed by atoms with Crippen molar-refractivity contribution in [1.29, 1.82) is 0 Å². The van der Waals surface area contributed by atoms with Gasteiger partial charge in [-0.15, -0.1) is 0 Å². The van der Waals surface area contributed by atoms with Crippen LogP contribution in [0, 0.1) is 12.3 Å². The molecule has 1 N–H and O–H groups in total. The summed E-state index contributed by atoms with van der Waals surface area (Å²) in [5, 5.41) is 3.43. The second-order valence-corrected chi connectivity index (χ2v) is 6.42. The maximum Gasteiger partial charge on any atom is 0.0377 e. The zero-order chi connectivity index (χ0) is 11.9. The van der Waals surface area contributed by atoms with Crippen molar-refractivity contribution >= 4 is 21.6 Å².